The largest absolute Gasteiger partial charge is 0.457 e. The summed E-state index contributed by atoms with van der Waals surface area (Å²) < 4.78 is 18.2. The molecule has 2 saturated heterocycles. The van der Waals surface area contributed by atoms with Crippen molar-refractivity contribution in [1.82, 2.24) is 0 Å². The van der Waals surface area contributed by atoms with Crippen LogP contribution in [-0.2, 0) is 23.8 Å². The molecular formula is C21H30O7. The van der Waals surface area contributed by atoms with Gasteiger partial charge in [-0.1, -0.05) is 19.9 Å². The molecule has 0 unspecified atom stereocenters. The fourth-order valence-electron chi connectivity index (χ4n) is 6.51. The molecule has 0 aromatic rings. The zero-order valence-corrected chi connectivity index (χ0v) is 17.2. The first-order chi connectivity index (χ1) is 12.8. The van der Waals surface area contributed by atoms with E-state index in [-0.39, 0.29) is 12.2 Å². The maximum atomic E-state index is 13.5. The number of aliphatic hydroxyl groups is 2. The lowest BCUT2D eigenvalue weighted by Crippen LogP contribution is -2.79. The van der Waals surface area contributed by atoms with E-state index in [2.05, 4.69) is 6.58 Å². The van der Waals surface area contributed by atoms with Crippen molar-refractivity contribution >= 4 is 11.8 Å². The minimum absolute atomic E-state index is 0.0383. The van der Waals surface area contributed by atoms with Crippen molar-refractivity contribution in [2.45, 2.75) is 94.6 Å². The van der Waals surface area contributed by atoms with Gasteiger partial charge < -0.3 is 24.4 Å². The first kappa shape index (κ1) is 20.0. The summed E-state index contributed by atoms with van der Waals surface area (Å²) in [6.45, 7) is 12.4. The van der Waals surface area contributed by atoms with E-state index in [9.17, 15) is 19.8 Å². The van der Waals surface area contributed by atoms with Crippen molar-refractivity contribution in [2.75, 3.05) is 0 Å². The van der Waals surface area contributed by atoms with Crippen molar-refractivity contribution in [3.05, 3.63) is 12.7 Å². The van der Waals surface area contributed by atoms with Gasteiger partial charge in [-0.3, -0.25) is 9.59 Å². The highest BCUT2D eigenvalue weighted by Gasteiger charge is 2.94. The van der Waals surface area contributed by atoms with Gasteiger partial charge in [0.05, 0.1) is 11.7 Å². The highest BCUT2D eigenvalue weighted by Crippen LogP contribution is 2.74. The van der Waals surface area contributed by atoms with Gasteiger partial charge in [0.2, 0.25) is 0 Å². The first-order valence-corrected chi connectivity index (χ1v) is 9.92. The molecule has 2 saturated carbocycles. The summed E-state index contributed by atoms with van der Waals surface area (Å²) in [6, 6.07) is 0. The molecule has 4 aliphatic rings. The van der Waals surface area contributed by atoms with E-state index in [1.807, 2.05) is 13.8 Å². The Morgan fingerprint density at radius 1 is 1.25 bits per heavy atom. The van der Waals surface area contributed by atoms with Gasteiger partial charge in [0, 0.05) is 19.3 Å². The highest BCUT2D eigenvalue weighted by atomic mass is 16.7. The molecule has 7 nitrogen and oxygen atoms in total. The zero-order valence-electron chi connectivity index (χ0n) is 17.2. The quantitative estimate of drug-likeness (QED) is 0.413. The zero-order chi connectivity index (χ0) is 20.9. The van der Waals surface area contributed by atoms with Gasteiger partial charge in [-0.25, -0.2) is 0 Å². The summed E-state index contributed by atoms with van der Waals surface area (Å²) >= 11 is 0. The molecule has 2 N–H and O–H groups in total. The number of hydrogen-bond donors (Lipinski definition) is 2. The molecule has 28 heavy (non-hydrogen) atoms. The molecular weight excluding hydrogens is 364 g/mol. The fraction of sp³-hybridized carbons (Fsp3) is 0.810. The number of rotatable bonds is 2. The fourth-order valence-corrected chi connectivity index (χ4v) is 6.51. The molecule has 0 radical (unpaired) electrons. The molecule has 0 amide bonds. The maximum absolute atomic E-state index is 13.5. The maximum Gasteiger partial charge on any atom is 0.303 e. The lowest BCUT2D eigenvalue weighted by atomic mass is 9.48. The van der Waals surface area contributed by atoms with Crippen LogP contribution in [0.1, 0.15) is 53.9 Å². The van der Waals surface area contributed by atoms with Gasteiger partial charge in [-0.05, 0) is 32.1 Å². The van der Waals surface area contributed by atoms with E-state index in [1.54, 1.807) is 19.9 Å². The van der Waals surface area contributed by atoms with Crippen molar-refractivity contribution in [3.63, 3.8) is 0 Å². The Hall–Kier alpha value is -1.28. The molecule has 2 spiro atoms. The predicted octanol–water partition coefficient (Wildman–Crippen LogP) is 1.29. The van der Waals surface area contributed by atoms with E-state index >= 15 is 0 Å². The Bertz CT molecular complexity index is 762. The van der Waals surface area contributed by atoms with Crippen LogP contribution in [0.2, 0.25) is 0 Å². The van der Waals surface area contributed by atoms with E-state index in [0.717, 1.165) is 0 Å². The standard InChI is InChI=1S/C21H30O7/c1-7-18(5)10-13(24)21-19(6,27-18)16(26-11(2)22)14(25)15-17(3,4)9-8-12(23)20(15,21)28-21/h7,12,14-16,23,25H,1,8-10H2,2-6H3/t12-,14-,15-,16-,18-,19+,20+,21+/m0/s1. The van der Waals surface area contributed by atoms with Crippen LogP contribution < -0.4 is 0 Å². The summed E-state index contributed by atoms with van der Waals surface area (Å²) in [5.74, 6) is -1.37. The van der Waals surface area contributed by atoms with Crippen LogP contribution in [0.25, 0.3) is 0 Å². The number of carbonyl (C=O) groups excluding carboxylic acids is 2. The third-order valence-electron chi connectivity index (χ3n) is 7.66. The van der Waals surface area contributed by atoms with Gasteiger partial charge in [0.1, 0.15) is 17.3 Å². The summed E-state index contributed by atoms with van der Waals surface area (Å²) in [5, 5.41) is 22.4. The van der Waals surface area contributed by atoms with Crippen LogP contribution >= 0.6 is 0 Å². The number of ketones is 1. The Morgan fingerprint density at radius 2 is 1.89 bits per heavy atom. The first-order valence-electron chi connectivity index (χ1n) is 9.92. The van der Waals surface area contributed by atoms with Crippen LogP contribution in [0.3, 0.4) is 0 Å². The van der Waals surface area contributed by atoms with E-state index in [0.29, 0.717) is 12.8 Å². The van der Waals surface area contributed by atoms with Gasteiger partial charge >= 0.3 is 5.97 Å². The third kappa shape index (κ3) is 2.03. The van der Waals surface area contributed by atoms with Gasteiger partial charge in [-0.15, -0.1) is 6.58 Å². The van der Waals surface area contributed by atoms with E-state index in [1.165, 1.54) is 6.92 Å². The molecule has 8 atom stereocenters. The lowest BCUT2D eigenvalue weighted by molar-refractivity contribution is -0.271. The molecule has 2 aliphatic heterocycles. The molecule has 0 aromatic heterocycles. The molecule has 2 heterocycles. The molecule has 7 heteroatoms. The van der Waals surface area contributed by atoms with Crippen molar-refractivity contribution < 1.29 is 34.0 Å². The SMILES string of the molecule is C=C[C@@]1(C)CC(=O)[C@]23O[C@@]24[C@@H](O)CCC(C)(C)[C@@H]4[C@H](O)[C@H](OC(C)=O)[C@@]3(C)O1. The van der Waals surface area contributed by atoms with Crippen LogP contribution in [0.4, 0.5) is 0 Å². The summed E-state index contributed by atoms with van der Waals surface area (Å²) in [5.41, 5.74) is -5.60. The molecule has 0 aromatic carbocycles. The van der Waals surface area contributed by atoms with Crippen LogP contribution in [-0.4, -0.2) is 62.7 Å². The summed E-state index contributed by atoms with van der Waals surface area (Å²) in [4.78, 5) is 25.4. The van der Waals surface area contributed by atoms with Crippen LogP contribution in [0.5, 0.6) is 0 Å². The minimum Gasteiger partial charge on any atom is -0.457 e. The molecule has 156 valence electrons. The van der Waals surface area contributed by atoms with Crippen LogP contribution in [0.15, 0.2) is 12.7 Å². The highest BCUT2D eigenvalue weighted by molar-refractivity contribution is 5.96. The predicted molar refractivity (Wildman–Crippen MR) is 98.3 cm³/mol. The lowest BCUT2D eigenvalue weighted by Gasteiger charge is -2.59. The third-order valence-corrected chi connectivity index (χ3v) is 7.66. The molecule has 0 bridgehead atoms. The van der Waals surface area contributed by atoms with Crippen LogP contribution in [0, 0.1) is 11.3 Å². The molecule has 4 rings (SSSR count). The van der Waals surface area contributed by atoms with E-state index < -0.39 is 58.0 Å². The number of aliphatic hydroxyl groups excluding tert-OH is 2. The second-order valence-electron chi connectivity index (χ2n) is 9.94. The number of esters is 1. The van der Waals surface area contributed by atoms with Gasteiger partial charge in [0.25, 0.3) is 0 Å². The Kier molecular flexibility index (Phi) is 3.89. The number of carbonyl (C=O) groups is 2. The van der Waals surface area contributed by atoms with Gasteiger partial charge in [0.15, 0.2) is 17.5 Å². The number of hydrogen-bond acceptors (Lipinski definition) is 7. The monoisotopic (exact) mass is 394 g/mol. The molecule has 4 fully saturated rings. The van der Waals surface area contributed by atoms with Crippen molar-refractivity contribution in [3.8, 4) is 0 Å². The topological polar surface area (TPSA) is 106 Å². The number of Topliss-reactive ketones (excluding diaryl/α,β-unsaturated/α-hetero) is 1. The summed E-state index contributed by atoms with van der Waals surface area (Å²) in [6.07, 6.45) is -0.496. The minimum atomic E-state index is -1.47. The van der Waals surface area contributed by atoms with Gasteiger partial charge in [-0.2, -0.15) is 0 Å². The Labute approximate surface area is 165 Å². The summed E-state index contributed by atoms with van der Waals surface area (Å²) in [7, 11) is 0. The van der Waals surface area contributed by atoms with E-state index in [4.69, 9.17) is 14.2 Å². The Balaban J connectivity index is 1.94. The Morgan fingerprint density at radius 3 is 2.46 bits per heavy atom. The van der Waals surface area contributed by atoms with Crippen molar-refractivity contribution in [2.24, 2.45) is 11.3 Å². The van der Waals surface area contributed by atoms with Crippen molar-refractivity contribution in [1.29, 1.82) is 0 Å². The molecule has 2 aliphatic carbocycles. The second-order valence-corrected chi connectivity index (χ2v) is 9.94. The average Bonchev–Trinajstić information content (AvgIpc) is 3.27. The average molecular weight is 394 g/mol. The second kappa shape index (κ2) is 5.45. The smallest absolute Gasteiger partial charge is 0.303 e. The normalized spacial score (nSPS) is 54.0. The number of epoxide rings is 1. The number of ether oxygens (including phenoxy) is 3.